The van der Waals surface area contributed by atoms with Gasteiger partial charge >= 0.3 is 51.4 Å². The fourth-order valence-electron chi connectivity index (χ4n) is 3.63. The molecule has 6 nitrogen and oxygen atoms in total. The second-order valence-corrected chi connectivity index (χ2v) is 6.97. The third kappa shape index (κ3) is 4.40. The molecular formula is C21H19KN2O4. The largest absolute Gasteiger partial charge is 1.00 e. The van der Waals surface area contributed by atoms with Gasteiger partial charge in [-0.2, -0.15) is 0 Å². The zero-order valence-electron chi connectivity index (χ0n) is 15.6. The minimum absolute atomic E-state index is 0. The van der Waals surface area contributed by atoms with E-state index in [0.29, 0.717) is 5.69 Å². The molecule has 28 heavy (non-hydrogen) atoms. The van der Waals surface area contributed by atoms with Crippen molar-refractivity contribution in [3.05, 3.63) is 60.3 Å². The molecule has 2 heterocycles. The Morgan fingerprint density at radius 1 is 1.04 bits per heavy atom. The summed E-state index contributed by atoms with van der Waals surface area (Å²) in [6.45, 7) is 0.163. The first-order valence-electron chi connectivity index (χ1n) is 8.87. The number of H-pyrrole nitrogens is 1. The third-order valence-electron chi connectivity index (χ3n) is 5.01. The van der Waals surface area contributed by atoms with Crippen LogP contribution in [0.15, 0.2) is 54.6 Å². The quantitative estimate of drug-likeness (QED) is 0.517. The van der Waals surface area contributed by atoms with Crippen LogP contribution in [-0.2, 0) is 4.79 Å². The van der Waals surface area contributed by atoms with Gasteiger partial charge in [-0.1, -0.05) is 42.5 Å². The molecule has 0 aliphatic carbocycles. The number of nitrogens with zero attached hydrogens (tertiary/aromatic N) is 1. The maximum atomic E-state index is 12.8. The van der Waals surface area contributed by atoms with Gasteiger partial charge in [0.25, 0.3) is 5.91 Å². The number of β-amino-alcohol motifs (C(OH)–C–C–N with tert-alkyl or cyclic N) is 1. The number of rotatable bonds is 3. The second-order valence-electron chi connectivity index (χ2n) is 6.97. The van der Waals surface area contributed by atoms with Crippen LogP contribution in [0.3, 0.4) is 0 Å². The summed E-state index contributed by atoms with van der Waals surface area (Å²) < 4.78 is 0. The van der Waals surface area contributed by atoms with Gasteiger partial charge in [-0.05, 0) is 29.7 Å². The van der Waals surface area contributed by atoms with E-state index in [-0.39, 0.29) is 76.8 Å². The van der Waals surface area contributed by atoms with Crippen LogP contribution in [0, 0.1) is 5.92 Å². The zero-order chi connectivity index (χ0) is 19.0. The number of piperidine rings is 1. The molecule has 1 aromatic heterocycles. The number of nitrogens with one attached hydrogen (secondary N) is 1. The van der Waals surface area contributed by atoms with Crippen LogP contribution < -0.4 is 56.5 Å². The Labute approximate surface area is 205 Å². The Morgan fingerprint density at radius 3 is 2.50 bits per heavy atom. The number of likely N-dealkylation sites (tertiary alicyclic amines) is 1. The SMILES string of the molecule is O=C([O-])C1CC(O)CN(C(=O)c2cc3ccc(-c4ccccc4)cc3[nH]2)C1.[K+]. The number of carbonyl (C=O) groups excluding carboxylic acids is 2. The van der Waals surface area contributed by atoms with E-state index in [9.17, 15) is 19.8 Å². The first-order valence-corrected chi connectivity index (χ1v) is 8.87. The number of aromatic nitrogens is 1. The van der Waals surface area contributed by atoms with E-state index in [1.807, 2.05) is 48.5 Å². The molecular weight excluding hydrogens is 383 g/mol. The van der Waals surface area contributed by atoms with Crippen LogP contribution in [0.25, 0.3) is 22.0 Å². The molecule has 2 unspecified atom stereocenters. The van der Waals surface area contributed by atoms with E-state index in [4.69, 9.17) is 0 Å². The van der Waals surface area contributed by atoms with E-state index < -0.39 is 18.0 Å². The first kappa shape index (κ1) is 21.2. The average molecular weight is 402 g/mol. The fraction of sp³-hybridized carbons (Fsp3) is 0.238. The Balaban J connectivity index is 0.00000225. The number of fused-ring (bicyclic) bond motifs is 1. The normalized spacial score (nSPS) is 19.2. The summed E-state index contributed by atoms with van der Waals surface area (Å²) in [4.78, 5) is 28.5. The van der Waals surface area contributed by atoms with Crippen molar-refractivity contribution >= 4 is 22.8 Å². The Morgan fingerprint density at radius 2 is 1.79 bits per heavy atom. The number of hydrogen-bond donors (Lipinski definition) is 2. The molecule has 2 aromatic carbocycles. The molecule has 3 aromatic rings. The fourth-order valence-corrected chi connectivity index (χ4v) is 3.63. The predicted octanol–water partition coefficient (Wildman–Crippen LogP) is -1.59. The van der Waals surface area contributed by atoms with Gasteiger partial charge in [0.05, 0.1) is 6.10 Å². The number of carboxylic acid groups (broad SMARTS) is 1. The smallest absolute Gasteiger partial charge is 0.550 e. The summed E-state index contributed by atoms with van der Waals surface area (Å²) in [5, 5.41) is 21.9. The molecule has 7 heteroatoms. The summed E-state index contributed by atoms with van der Waals surface area (Å²) in [7, 11) is 0. The van der Waals surface area contributed by atoms with E-state index in [2.05, 4.69) is 4.98 Å². The Bertz CT molecular complexity index is 1000. The van der Waals surface area contributed by atoms with Crippen LogP contribution in [0.4, 0.5) is 0 Å². The number of aliphatic carboxylic acids is 1. The van der Waals surface area contributed by atoms with Crippen molar-refractivity contribution in [2.75, 3.05) is 13.1 Å². The van der Waals surface area contributed by atoms with Gasteiger partial charge in [-0.15, -0.1) is 0 Å². The number of benzene rings is 2. The molecule has 0 bridgehead atoms. The second kappa shape index (κ2) is 8.90. The van der Waals surface area contributed by atoms with Gasteiger partial charge in [0.2, 0.25) is 0 Å². The number of amides is 1. The topological polar surface area (TPSA) is 96.5 Å². The number of aliphatic hydroxyl groups excluding tert-OH is 1. The monoisotopic (exact) mass is 402 g/mol. The van der Waals surface area contributed by atoms with Crippen molar-refractivity contribution in [3.8, 4) is 11.1 Å². The average Bonchev–Trinajstić information content (AvgIpc) is 3.10. The van der Waals surface area contributed by atoms with Crippen molar-refractivity contribution in [2.24, 2.45) is 5.92 Å². The molecule has 1 aliphatic heterocycles. The molecule has 0 saturated carbocycles. The van der Waals surface area contributed by atoms with Gasteiger partial charge < -0.3 is 24.9 Å². The minimum Gasteiger partial charge on any atom is -0.550 e. The van der Waals surface area contributed by atoms with Crippen molar-refractivity contribution in [3.63, 3.8) is 0 Å². The van der Waals surface area contributed by atoms with E-state index in [1.165, 1.54) is 4.90 Å². The van der Waals surface area contributed by atoms with Crippen LogP contribution in [0.5, 0.6) is 0 Å². The maximum absolute atomic E-state index is 12.8. The number of carboxylic acids is 1. The molecule has 2 N–H and O–H groups in total. The van der Waals surface area contributed by atoms with Crippen molar-refractivity contribution in [2.45, 2.75) is 12.5 Å². The molecule has 1 fully saturated rings. The predicted molar refractivity (Wildman–Crippen MR) is 98.8 cm³/mol. The Kier molecular flexibility index (Phi) is 6.75. The first-order chi connectivity index (χ1) is 13.0. The summed E-state index contributed by atoms with van der Waals surface area (Å²) in [6.07, 6.45) is -0.751. The number of carbonyl (C=O) groups is 2. The molecule has 1 aliphatic rings. The van der Waals surface area contributed by atoms with Gasteiger partial charge in [0, 0.05) is 35.9 Å². The maximum Gasteiger partial charge on any atom is 1.00 e. The summed E-state index contributed by atoms with van der Waals surface area (Å²) in [6, 6.07) is 17.6. The van der Waals surface area contributed by atoms with Crippen molar-refractivity contribution in [1.82, 2.24) is 9.88 Å². The number of aliphatic hydroxyl groups is 1. The van der Waals surface area contributed by atoms with Crippen LogP contribution in [-0.4, -0.2) is 46.1 Å². The van der Waals surface area contributed by atoms with Crippen LogP contribution in [0.2, 0.25) is 0 Å². The van der Waals surface area contributed by atoms with Gasteiger partial charge in [0.15, 0.2) is 0 Å². The van der Waals surface area contributed by atoms with E-state index >= 15 is 0 Å². The Hall–Kier alpha value is -1.48. The van der Waals surface area contributed by atoms with Crippen molar-refractivity contribution in [1.29, 1.82) is 0 Å². The standard InChI is InChI=1S/C21H20N2O4.K/c24-17-8-16(21(26)27)11-23(12-17)20(25)19-10-15-7-6-14(9-18(15)22-19)13-4-2-1-3-5-13;/h1-7,9-10,16-17,22,24H,8,11-12H2,(H,26,27);/q;+1/p-1. The molecule has 1 saturated heterocycles. The third-order valence-corrected chi connectivity index (χ3v) is 5.01. The minimum atomic E-state index is -1.24. The summed E-state index contributed by atoms with van der Waals surface area (Å²) in [5.41, 5.74) is 3.32. The van der Waals surface area contributed by atoms with Crippen LogP contribution in [0.1, 0.15) is 16.9 Å². The molecule has 1 amide bonds. The van der Waals surface area contributed by atoms with E-state index in [0.717, 1.165) is 22.0 Å². The molecule has 4 rings (SSSR count). The molecule has 0 spiro atoms. The van der Waals surface area contributed by atoms with Crippen LogP contribution >= 0.6 is 0 Å². The van der Waals surface area contributed by atoms with Crippen molar-refractivity contribution < 1.29 is 71.2 Å². The number of aromatic amines is 1. The molecule has 2 atom stereocenters. The molecule has 0 radical (unpaired) electrons. The summed E-state index contributed by atoms with van der Waals surface area (Å²) >= 11 is 0. The zero-order valence-corrected chi connectivity index (χ0v) is 18.7. The van der Waals surface area contributed by atoms with E-state index in [1.54, 1.807) is 6.07 Å². The number of hydrogen-bond acceptors (Lipinski definition) is 4. The van der Waals surface area contributed by atoms with Gasteiger partial charge in [-0.25, -0.2) is 0 Å². The molecule has 138 valence electrons. The van der Waals surface area contributed by atoms with Gasteiger partial charge in [-0.3, -0.25) is 4.79 Å². The van der Waals surface area contributed by atoms with Gasteiger partial charge in [0.1, 0.15) is 5.69 Å². The summed E-state index contributed by atoms with van der Waals surface area (Å²) in [5.74, 6) is -2.42.